The molecule has 1 aliphatic rings. The molecular weight excluding hydrogens is 433 g/mol. The minimum atomic E-state index is -4.00. The van der Waals surface area contributed by atoms with E-state index in [0.717, 1.165) is 5.56 Å². The van der Waals surface area contributed by atoms with Gasteiger partial charge >= 0.3 is 0 Å². The number of fused-ring (bicyclic) bond motifs is 1. The molecule has 2 aromatic carbocycles. The smallest absolute Gasteiger partial charge is 0.242 e. The van der Waals surface area contributed by atoms with Crippen LogP contribution >= 0.6 is 0 Å². The van der Waals surface area contributed by atoms with Gasteiger partial charge in [0, 0.05) is 24.8 Å². The predicted octanol–water partition coefficient (Wildman–Crippen LogP) is 3.37. The van der Waals surface area contributed by atoms with E-state index >= 15 is 0 Å². The Hall–Kier alpha value is -2.78. The summed E-state index contributed by atoms with van der Waals surface area (Å²) in [6.07, 6.45) is 0.829. The molecule has 1 heterocycles. The molecule has 1 aliphatic heterocycles. The van der Waals surface area contributed by atoms with Crippen molar-refractivity contribution < 1.29 is 22.4 Å². The maximum absolute atomic E-state index is 13.8. The van der Waals surface area contributed by atoms with E-state index in [2.05, 4.69) is 10.0 Å². The minimum Gasteiger partial charge on any atom is -0.325 e. The lowest BCUT2D eigenvalue weighted by atomic mass is 10.0. The number of sulfonamides is 1. The zero-order valence-corrected chi connectivity index (χ0v) is 19.4. The van der Waals surface area contributed by atoms with Gasteiger partial charge in [0.25, 0.3) is 0 Å². The second kappa shape index (κ2) is 9.38. The number of amides is 2. The van der Waals surface area contributed by atoms with Crippen molar-refractivity contribution >= 4 is 33.2 Å². The first kappa shape index (κ1) is 23.9. The van der Waals surface area contributed by atoms with Crippen LogP contribution in [0.1, 0.15) is 38.3 Å². The molecule has 0 radical (unpaired) electrons. The number of hydrogen-bond acceptors (Lipinski definition) is 4. The normalized spacial score (nSPS) is 14.4. The van der Waals surface area contributed by atoms with Gasteiger partial charge in [0.05, 0.1) is 4.90 Å². The van der Waals surface area contributed by atoms with E-state index in [0.29, 0.717) is 24.2 Å². The average Bonchev–Trinajstić information content (AvgIpc) is 3.13. The fourth-order valence-electron chi connectivity index (χ4n) is 3.71. The van der Waals surface area contributed by atoms with E-state index in [1.165, 1.54) is 19.1 Å². The first-order chi connectivity index (χ1) is 15.0. The van der Waals surface area contributed by atoms with Crippen LogP contribution in [0.4, 0.5) is 15.8 Å². The van der Waals surface area contributed by atoms with Gasteiger partial charge in [-0.3, -0.25) is 9.59 Å². The van der Waals surface area contributed by atoms with E-state index in [1.54, 1.807) is 36.1 Å². The summed E-state index contributed by atoms with van der Waals surface area (Å²) in [6.45, 7) is 7.35. The van der Waals surface area contributed by atoms with E-state index in [-0.39, 0.29) is 28.8 Å². The zero-order valence-electron chi connectivity index (χ0n) is 18.6. The molecule has 0 spiro atoms. The molecule has 2 aromatic rings. The predicted molar refractivity (Wildman–Crippen MR) is 122 cm³/mol. The number of hydrogen-bond donors (Lipinski definition) is 2. The summed E-state index contributed by atoms with van der Waals surface area (Å²) in [7, 11) is -4.00. The highest BCUT2D eigenvalue weighted by Crippen LogP contribution is 2.30. The van der Waals surface area contributed by atoms with Crippen molar-refractivity contribution in [2.24, 2.45) is 5.92 Å². The topological polar surface area (TPSA) is 95.6 Å². The van der Waals surface area contributed by atoms with E-state index < -0.39 is 27.8 Å². The van der Waals surface area contributed by atoms with Crippen LogP contribution in [-0.4, -0.2) is 32.8 Å². The lowest BCUT2D eigenvalue weighted by Crippen LogP contribution is -2.44. The quantitative estimate of drug-likeness (QED) is 0.661. The highest BCUT2D eigenvalue weighted by Gasteiger charge is 2.29. The first-order valence-corrected chi connectivity index (χ1v) is 12.0. The van der Waals surface area contributed by atoms with Crippen LogP contribution in [0.25, 0.3) is 0 Å². The number of nitrogens with zero attached hydrogens (tertiary/aromatic N) is 1. The third kappa shape index (κ3) is 5.34. The Morgan fingerprint density at radius 1 is 1.16 bits per heavy atom. The van der Waals surface area contributed by atoms with Crippen molar-refractivity contribution in [3.05, 3.63) is 53.3 Å². The summed E-state index contributed by atoms with van der Waals surface area (Å²) in [4.78, 5) is 26.2. The van der Waals surface area contributed by atoms with Crippen molar-refractivity contribution in [3.63, 3.8) is 0 Å². The monoisotopic (exact) mass is 461 g/mol. The third-order valence-electron chi connectivity index (χ3n) is 5.40. The van der Waals surface area contributed by atoms with Gasteiger partial charge < -0.3 is 10.2 Å². The number of carbonyl (C=O) groups is 2. The molecule has 2 N–H and O–H groups in total. The Kier molecular flexibility index (Phi) is 7.00. The molecular formula is C23H28FN3O4S. The molecule has 0 aliphatic carbocycles. The largest absolute Gasteiger partial charge is 0.325 e. The van der Waals surface area contributed by atoms with Crippen molar-refractivity contribution in [2.75, 3.05) is 16.8 Å². The summed E-state index contributed by atoms with van der Waals surface area (Å²) >= 11 is 0. The molecule has 0 saturated heterocycles. The van der Waals surface area contributed by atoms with Gasteiger partial charge in [-0.05, 0) is 67.1 Å². The summed E-state index contributed by atoms with van der Waals surface area (Å²) in [5.74, 6) is -1.08. The molecule has 1 atom stereocenters. The number of anilines is 2. The van der Waals surface area contributed by atoms with E-state index in [1.807, 2.05) is 13.8 Å². The summed E-state index contributed by atoms with van der Waals surface area (Å²) in [5.41, 5.74) is 2.17. The van der Waals surface area contributed by atoms with Gasteiger partial charge in [-0.1, -0.05) is 19.9 Å². The standard InChI is InChI=1S/C23H28FN3O4S/c1-14(2)11-21(23(29)25-18-6-5-15(3)20(24)13-18)26-32(30,31)19-7-8-22-17(12-19)9-10-27(22)16(4)28/h5-8,12-14,21,26H,9-11H2,1-4H3,(H,25,29)/t21-/m1/s1. The van der Waals surface area contributed by atoms with Crippen molar-refractivity contribution in [2.45, 2.75) is 51.5 Å². The van der Waals surface area contributed by atoms with Crippen LogP contribution in [0.3, 0.4) is 0 Å². The molecule has 0 fully saturated rings. The number of aryl methyl sites for hydroxylation is 1. The zero-order chi connectivity index (χ0) is 23.6. The summed E-state index contributed by atoms with van der Waals surface area (Å²) in [6, 6.07) is 7.87. The highest BCUT2D eigenvalue weighted by atomic mass is 32.2. The van der Waals surface area contributed by atoms with Gasteiger partial charge in [-0.15, -0.1) is 0 Å². The molecule has 0 bridgehead atoms. The lowest BCUT2D eigenvalue weighted by molar-refractivity contribution is -0.118. The second-order valence-electron chi connectivity index (χ2n) is 8.47. The molecule has 32 heavy (non-hydrogen) atoms. The van der Waals surface area contributed by atoms with Gasteiger partial charge in [0.1, 0.15) is 11.9 Å². The minimum absolute atomic E-state index is 0.0320. The molecule has 2 amide bonds. The lowest BCUT2D eigenvalue weighted by Gasteiger charge is -2.21. The molecule has 0 aromatic heterocycles. The van der Waals surface area contributed by atoms with E-state index in [9.17, 15) is 22.4 Å². The van der Waals surface area contributed by atoms with Crippen molar-refractivity contribution in [3.8, 4) is 0 Å². The molecule has 7 nitrogen and oxygen atoms in total. The molecule has 0 saturated carbocycles. The Bertz CT molecular complexity index is 1150. The van der Waals surface area contributed by atoms with Gasteiger partial charge in [0.2, 0.25) is 21.8 Å². The number of nitrogens with one attached hydrogen (secondary N) is 2. The number of carbonyl (C=O) groups excluding carboxylic acids is 2. The Labute approximate surface area is 188 Å². The Morgan fingerprint density at radius 3 is 2.50 bits per heavy atom. The first-order valence-electron chi connectivity index (χ1n) is 10.5. The summed E-state index contributed by atoms with van der Waals surface area (Å²) < 4.78 is 42.5. The van der Waals surface area contributed by atoms with Crippen LogP contribution < -0.4 is 14.9 Å². The van der Waals surface area contributed by atoms with Crippen molar-refractivity contribution in [1.29, 1.82) is 0 Å². The van der Waals surface area contributed by atoms with Crippen LogP contribution in [-0.2, 0) is 26.0 Å². The SMILES string of the molecule is CC(=O)N1CCc2cc(S(=O)(=O)N[C@H](CC(C)C)C(=O)Nc3ccc(C)c(F)c3)ccc21. The average molecular weight is 462 g/mol. The van der Waals surface area contributed by atoms with Crippen molar-refractivity contribution in [1.82, 2.24) is 4.72 Å². The number of benzene rings is 2. The van der Waals surface area contributed by atoms with Gasteiger partial charge in [-0.2, -0.15) is 4.72 Å². The number of rotatable bonds is 7. The maximum Gasteiger partial charge on any atom is 0.242 e. The fraction of sp³-hybridized carbons (Fsp3) is 0.391. The van der Waals surface area contributed by atoms with E-state index in [4.69, 9.17) is 0 Å². The Morgan fingerprint density at radius 2 is 1.88 bits per heavy atom. The molecule has 9 heteroatoms. The van der Waals surface area contributed by atoms with Gasteiger partial charge in [-0.25, -0.2) is 12.8 Å². The summed E-state index contributed by atoms with van der Waals surface area (Å²) in [5, 5.41) is 2.60. The highest BCUT2D eigenvalue weighted by molar-refractivity contribution is 7.89. The maximum atomic E-state index is 13.8. The van der Waals surface area contributed by atoms with Crippen LogP contribution in [0.15, 0.2) is 41.3 Å². The molecule has 172 valence electrons. The van der Waals surface area contributed by atoms with Crippen LogP contribution in [0, 0.1) is 18.7 Å². The van der Waals surface area contributed by atoms with Crippen LogP contribution in [0.2, 0.25) is 0 Å². The molecule has 3 rings (SSSR count). The van der Waals surface area contributed by atoms with Gasteiger partial charge in [0.15, 0.2) is 0 Å². The third-order valence-corrected chi connectivity index (χ3v) is 6.87. The second-order valence-corrected chi connectivity index (χ2v) is 10.2. The fourth-order valence-corrected chi connectivity index (χ4v) is 4.97. The Balaban J connectivity index is 1.82. The van der Waals surface area contributed by atoms with Crippen LogP contribution in [0.5, 0.6) is 0 Å². The molecule has 0 unspecified atom stereocenters. The number of halogens is 1.